The van der Waals surface area contributed by atoms with Crippen molar-refractivity contribution in [1.29, 1.82) is 0 Å². The first-order valence-corrected chi connectivity index (χ1v) is 14.5. The molecule has 3 aromatic rings. The van der Waals surface area contributed by atoms with Crippen LogP contribution in [-0.4, -0.2) is 5.11 Å². The molecule has 0 spiro atoms. The summed E-state index contributed by atoms with van der Waals surface area (Å²) in [7, 11) is 0. The molecule has 0 saturated carbocycles. The van der Waals surface area contributed by atoms with Crippen molar-refractivity contribution in [2.75, 3.05) is 0 Å². The van der Waals surface area contributed by atoms with Crippen molar-refractivity contribution in [3.63, 3.8) is 0 Å². The first-order valence-electron chi connectivity index (χ1n) is 14.5. The molecular formula is C35H48O. The molecule has 0 bridgehead atoms. The Morgan fingerprint density at radius 2 is 1.17 bits per heavy atom. The summed E-state index contributed by atoms with van der Waals surface area (Å²) in [5, 5.41) is 11.5. The fourth-order valence-corrected chi connectivity index (χ4v) is 5.68. The van der Waals surface area contributed by atoms with Gasteiger partial charge in [0.1, 0.15) is 5.75 Å². The van der Waals surface area contributed by atoms with E-state index in [2.05, 4.69) is 94.4 Å². The molecule has 1 N–H and O–H groups in total. The SMILES string of the molecule is CCCCCCCCc1c(CCCCCC)cc(O)c(-c2ccccc2)c1C(C)(C)c1ccccc1. The molecule has 0 aromatic heterocycles. The van der Waals surface area contributed by atoms with Crippen LogP contribution in [0.15, 0.2) is 66.7 Å². The highest BCUT2D eigenvalue weighted by Crippen LogP contribution is 2.46. The maximum absolute atomic E-state index is 11.5. The summed E-state index contributed by atoms with van der Waals surface area (Å²) in [5.41, 5.74) is 7.36. The van der Waals surface area contributed by atoms with Crippen LogP contribution < -0.4 is 0 Å². The Morgan fingerprint density at radius 1 is 0.639 bits per heavy atom. The van der Waals surface area contributed by atoms with E-state index < -0.39 is 0 Å². The Bertz CT molecular complexity index is 1030. The predicted octanol–water partition coefficient (Wildman–Crippen LogP) is 10.4. The van der Waals surface area contributed by atoms with E-state index in [9.17, 15) is 5.11 Å². The fourth-order valence-electron chi connectivity index (χ4n) is 5.68. The number of aryl methyl sites for hydroxylation is 1. The van der Waals surface area contributed by atoms with Crippen LogP contribution in [0.1, 0.15) is 114 Å². The molecule has 0 atom stereocenters. The standard InChI is InChI=1S/C35H48O/c1-5-7-9-11-12-20-26-31-29(23-15-10-8-6-2)27-32(36)33(28-21-16-13-17-22-28)34(31)35(3,4)30-24-18-14-19-25-30/h13-14,16-19,21-22,24-25,27,36H,5-12,15,20,23,26H2,1-4H3. The smallest absolute Gasteiger partial charge is 0.124 e. The summed E-state index contributed by atoms with van der Waals surface area (Å²) in [6.45, 7) is 9.24. The van der Waals surface area contributed by atoms with Gasteiger partial charge in [-0.15, -0.1) is 0 Å². The molecule has 3 aromatic carbocycles. The molecule has 0 saturated heterocycles. The van der Waals surface area contributed by atoms with Crippen molar-refractivity contribution in [3.8, 4) is 16.9 Å². The minimum Gasteiger partial charge on any atom is -0.507 e. The highest BCUT2D eigenvalue weighted by atomic mass is 16.3. The van der Waals surface area contributed by atoms with Crippen molar-refractivity contribution < 1.29 is 5.11 Å². The van der Waals surface area contributed by atoms with Crippen molar-refractivity contribution >= 4 is 0 Å². The Labute approximate surface area is 221 Å². The zero-order valence-corrected chi connectivity index (χ0v) is 23.3. The summed E-state index contributed by atoms with van der Waals surface area (Å²) in [5.74, 6) is 0.428. The summed E-state index contributed by atoms with van der Waals surface area (Å²) < 4.78 is 0. The maximum Gasteiger partial charge on any atom is 0.124 e. The predicted molar refractivity (Wildman–Crippen MR) is 157 cm³/mol. The fraction of sp³-hybridized carbons (Fsp3) is 0.486. The molecule has 0 fully saturated rings. The number of phenols is 1. The lowest BCUT2D eigenvalue weighted by Gasteiger charge is -2.33. The van der Waals surface area contributed by atoms with Crippen LogP contribution >= 0.6 is 0 Å². The van der Waals surface area contributed by atoms with E-state index in [-0.39, 0.29) is 5.41 Å². The van der Waals surface area contributed by atoms with Crippen LogP contribution in [0.5, 0.6) is 5.75 Å². The van der Waals surface area contributed by atoms with Crippen LogP contribution in [0.2, 0.25) is 0 Å². The number of phenolic OH excluding ortho intramolecular Hbond substituents is 1. The molecule has 194 valence electrons. The van der Waals surface area contributed by atoms with Gasteiger partial charge in [0.2, 0.25) is 0 Å². The van der Waals surface area contributed by atoms with E-state index in [1.807, 2.05) is 0 Å². The lowest BCUT2D eigenvalue weighted by atomic mass is 9.70. The molecule has 0 unspecified atom stereocenters. The Balaban J connectivity index is 2.13. The average molecular weight is 485 g/mol. The Kier molecular flexibility index (Phi) is 11.1. The third kappa shape index (κ3) is 7.25. The minimum absolute atomic E-state index is 0.221. The molecule has 36 heavy (non-hydrogen) atoms. The van der Waals surface area contributed by atoms with Gasteiger partial charge < -0.3 is 5.11 Å². The van der Waals surface area contributed by atoms with Crippen LogP contribution in [0, 0.1) is 0 Å². The Hall–Kier alpha value is -2.54. The highest BCUT2D eigenvalue weighted by molar-refractivity contribution is 5.78. The number of benzene rings is 3. The van der Waals surface area contributed by atoms with Crippen molar-refractivity contribution in [3.05, 3.63) is 89.0 Å². The molecular weight excluding hydrogens is 436 g/mol. The van der Waals surface area contributed by atoms with Gasteiger partial charge in [-0.05, 0) is 59.6 Å². The lowest BCUT2D eigenvalue weighted by Crippen LogP contribution is -2.23. The number of rotatable bonds is 15. The van der Waals surface area contributed by atoms with E-state index in [0.29, 0.717) is 5.75 Å². The summed E-state index contributed by atoms with van der Waals surface area (Å²) >= 11 is 0. The molecule has 0 heterocycles. The summed E-state index contributed by atoms with van der Waals surface area (Å²) in [6, 6.07) is 23.5. The maximum atomic E-state index is 11.5. The number of hydrogen-bond donors (Lipinski definition) is 1. The van der Waals surface area contributed by atoms with Crippen LogP contribution in [-0.2, 0) is 18.3 Å². The van der Waals surface area contributed by atoms with Crippen LogP contribution in [0.4, 0.5) is 0 Å². The van der Waals surface area contributed by atoms with Gasteiger partial charge in [-0.3, -0.25) is 0 Å². The molecule has 0 aliphatic carbocycles. The van der Waals surface area contributed by atoms with Gasteiger partial charge in [-0.2, -0.15) is 0 Å². The Morgan fingerprint density at radius 3 is 1.81 bits per heavy atom. The van der Waals surface area contributed by atoms with Gasteiger partial charge in [0.25, 0.3) is 0 Å². The number of hydrogen-bond acceptors (Lipinski definition) is 1. The monoisotopic (exact) mass is 484 g/mol. The van der Waals surface area contributed by atoms with Crippen molar-refractivity contribution in [2.24, 2.45) is 0 Å². The third-order valence-corrected chi connectivity index (χ3v) is 7.77. The molecule has 1 heteroatoms. The van der Waals surface area contributed by atoms with E-state index >= 15 is 0 Å². The van der Waals surface area contributed by atoms with Crippen LogP contribution in [0.25, 0.3) is 11.1 Å². The van der Waals surface area contributed by atoms with Crippen molar-refractivity contribution in [2.45, 2.75) is 110 Å². The number of aromatic hydroxyl groups is 1. The first-order chi connectivity index (χ1) is 17.5. The second kappa shape index (κ2) is 14.3. The van der Waals surface area contributed by atoms with Crippen molar-refractivity contribution in [1.82, 2.24) is 0 Å². The third-order valence-electron chi connectivity index (χ3n) is 7.77. The normalized spacial score (nSPS) is 11.7. The molecule has 1 nitrogen and oxygen atoms in total. The minimum atomic E-state index is -0.221. The zero-order chi connectivity index (χ0) is 25.8. The summed E-state index contributed by atoms with van der Waals surface area (Å²) in [4.78, 5) is 0. The topological polar surface area (TPSA) is 20.2 Å². The lowest BCUT2D eigenvalue weighted by molar-refractivity contribution is 0.472. The van der Waals surface area contributed by atoms with Gasteiger partial charge in [-0.1, -0.05) is 140 Å². The zero-order valence-electron chi connectivity index (χ0n) is 23.3. The van der Waals surface area contributed by atoms with Crippen LogP contribution in [0.3, 0.4) is 0 Å². The van der Waals surface area contributed by atoms with E-state index in [0.717, 1.165) is 24.0 Å². The molecule has 0 aliphatic heterocycles. The molecule has 0 aliphatic rings. The molecule has 0 amide bonds. The highest BCUT2D eigenvalue weighted by Gasteiger charge is 2.32. The summed E-state index contributed by atoms with van der Waals surface area (Å²) in [6.07, 6.45) is 14.9. The van der Waals surface area contributed by atoms with Gasteiger partial charge in [-0.25, -0.2) is 0 Å². The molecule has 0 radical (unpaired) electrons. The second-order valence-electron chi connectivity index (χ2n) is 11.0. The average Bonchev–Trinajstić information content (AvgIpc) is 2.90. The van der Waals surface area contributed by atoms with E-state index in [1.165, 1.54) is 86.5 Å². The van der Waals surface area contributed by atoms with E-state index in [4.69, 9.17) is 0 Å². The van der Waals surface area contributed by atoms with Gasteiger partial charge in [0.05, 0.1) is 0 Å². The van der Waals surface area contributed by atoms with E-state index in [1.54, 1.807) is 0 Å². The largest absolute Gasteiger partial charge is 0.507 e. The van der Waals surface area contributed by atoms with Gasteiger partial charge in [0, 0.05) is 11.0 Å². The molecule has 3 rings (SSSR count). The quantitative estimate of drug-likeness (QED) is 0.213. The number of unbranched alkanes of at least 4 members (excludes halogenated alkanes) is 8. The first kappa shape index (κ1) is 28.0. The second-order valence-corrected chi connectivity index (χ2v) is 11.0. The van der Waals surface area contributed by atoms with Gasteiger partial charge in [0.15, 0.2) is 0 Å². The van der Waals surface area contributed by atoms with Gasteiger partial charge >= 0.3 is 0 Å².